The molecule has 0 saturated heterocycles. The zero-order valence-corrected chi connectivity index (χ0v) is 15.3. The van der Waals surface area contributed by atoms with E-state index >= 15 is 0 Å². The molecule has 1 aromatic carbocycles. The molecule has 26 heavy (non-hydrogen) atoms. The minimum atomic E-state index is -0.352. The molecule has 0 aliphatic heterocycles. The van der Waals surface area contributed by atoms with Gasteiger partial charge in [0.2, 0.25) is 5.91 Å². The summed E-state index contributed by atoms with van der Waals surface area (Å²) in [6.45, 7) is 4.81. The van der Waals surface area contributed by atoms with Crippen LogP contribution in [0.2, 0.25) is 0 Å². The van der Waals surface area contributed by atoms with E-state index in [1.165, 1.54) is 23.9 Å². The van der Waals surface area contributed by atoms with Crippen LogP contribution in [0.1, 0.15) is 19.4 Å². The Kier molecular flexibility index (Phi) is 5.72. The molecular formula is C18H19FN4O2S. The van der Waals surface area contributed by atoms with Crippen LogP contribution in [0.15, 0.2) is 52.2 Å². The normalized spacial score (nSPS) is 12.1. The minimum absolute atomic E-state index is 0.121. The number of hydrogen-bond acceptors (Lipinski definition) is 5. The van der Waals surface area contributed by atoms with Crippen molar-refractivity contribution in [2.45, 2.75) is 37.3 Å². The first-order chi connectivity index (χ1) is 12.6. The largest absolute Gasteiger partial charge is 0.461 e. The maximum Gasteiger partial charge on any atom is 0.233 e. The Morgan fingerprint density at radius 3 is 2.73 bits per heavy atom. The van der Waals surface area contributed by atoms with E-state index in [1.807, 2.05) is 24.5 Å². The van der Waals surface area contributed by atoms with Crippen molar-refractivity contribution in [3.05, 3.63) is 54.0 Å². The van der Waals surface area contributed by atoms with Crippen molar-refractivity contribution in [1.29, 1.82) is 0 Å². The summed E-state index contributed by atoms with van der Waals surface area (Å²) in [4.78, 5) is 12.3. The highest BCUT2D eigenvalue weighted by molar-refractivity contribution is 8.00. The van der Waals surface area contributed by atoms with E-state index in [0.717, 1.165) is 5.56 Å². The van der Waals surface area contributed by atoms with Crippen LogP contribution >= 0.6 is 11.8 Å². The van der Waals surface area contributed by atoms with Gasteiger partial charge in [-0.25, -0.2) is 4.39 Å². The van der Waals surface area contributed by atoms with E-state index < -0.39 is 0 Å². The Morgan fingerprint density at radius 1 is 1.31 bits per heavy atom. The molecule has 3 aromatic rings. The minimum Gasteiger partial charge on any atom is -0.461 e. The number of nitrogens with zero attached hydrogens (tertiary/aromatic N) is 3. The number of hydrogen-bond donors (Lipinski definition) is 1. The predicted molar refractivity (Wildman–Crippen MR) is 97.0 cm³/mol. The van der Waals surface area contributed by atoms with Gasteiger partial charge in [0.05, 0.1) is 11.5 Å². The number of furan rings is 1. The van der Waals surface area contributed by atoms with Crippen molar-refractivity contribution < 1.29 is 13.6 Å². The zero-order valence-electron chi connectivity index (χ0n) is 14.5. The number of aromatic nitrogens is 3. The maximum atomic E-state index is 12.9. The lowest BCUT2D eigenvalue weighted by molar-refractivity contribution is -0.120. The van der Waals surface area contributed by atoms with Crippen LogP contribution in [0, 0.1) is 5.82 Å². The van der Waals surface area contributed by atoms with E-state index in [0.29, 0.717) is 29.8 Å². The SMILES string of the molecule is CCn1c(S[C@@H](C)C(=O)NCc2ccc(F)cc2)nnc1-c1ccco1. The molecule has 2 aromatic heterocycles. The van der Waals surface area contributed by atoms with Crippen LogP contribution in [0.3, 0.4) is 0 Å². The fraction of sp³-hybridized carbons (Fsp3) is 0.278. The number of nitrogens with one attached hydrogen (secondary N) is 1. The number of thioether (sulfide) groups is 1. The second kappa shape index (κ2) is 8.18. The molecule has 3 rings (SSSR count). The van der Waals surface area contributed by atoms with E-state index in [4.69, 9.17) is 4.42 Å². The second-order valence-electron chi connectivity index (χ2n) is 5.63. The van der Waals surface area contributed by atoms with E-state index in [9.17, 15) is 9.18 Å². The first-order valence-electron chi connectivity index (χ1n) is 8.24. The van der Waals surface area contributed by atoms with Crippen LogP contribution in [0.4, 0.5) is 4.39 Å². The lowest BCUT2D eigenvalue weighted by Crippen LogP contribution is -2.30. The molecule has 136 valence electrons. The van der Waals surface area contributed by atoms with Gasteiger partial charge in [-0.1, -0.05) is 23.9 Å². The maximum absolute atomic E-state index is 12.9. The molecule has 6 nitrogen and oxygen atoms in total. The molecule has 0 aliphatic rings. The van der Waals surface area contributed by atoms with Gasteiger partial charge in [0, 0.05) is 13.1 Å². The van der Waals surface area contributed by atoms with Gasteiger partial charge in [0.1, 0.15) is 5.82 Å². The topological polar surface area (TPSA) is 73.0 Å². The summed E-state index contributed by atoms with van der Waals surface area (Å²) < 4.78 is 20.2. The molecule has 0 bridgehead atoms. The van der Waals surface area contributed by atoms with Crippen LogP contribution in [-0.2, 0) is 17.9 Å². The molecule has 0 spiro atoms. The van der Waals surface area contributed by atoms with Crippen molar-refractivity contribution >= 4 is 17.7 Å². The standard InChI is InChI=1S/C18H19FN4O2S/c1-3-23-16(15-5-4-10-25-15)21-22-18(23)26-12(2)17(24)20-11-13-6-8-14(19)9-7-13/h4-10,12H,3,11H2,1-2H3,(H,20,24)/t12-/m0/s1. The molecular weight excluding hydrogens is 355 g/mol. The molecule has 1 amide bonds. The third kappa shape index (κ3) is 4.13. The number of amides is 1. The highest BCUT2D eigenvalue weighted by Crippen LogP contribution is 2.27. The van der Waals surface area contributed by atoms with Gasteiger partial charge in [-0.15, -0.1) is 10.2 Å². The van der Waals surface area contributed by atoms with Crippen LogP contribution < -0.4 is 5.32 Å². The van der Waals surface area contributed by atoms with E-state index in [1.54, 1.807) is 24.5 Å². The summed E-state index contributed by atoms with van der Waals surface area (Å²) in [7, 11) is 0. The van der Waals surface area contributed by atoms with Gasteiger partial charge in [-0.2, -0.15) is 0 Å². The summed E-state index contributed by atoms with van der Waals surface area (Å²) in [6, 6.07) is 9.67. The summed E-state index contributed by atoms with van der Waals surface area (Å²) in [5.41, 5.74) is 0.841. The number of carbonyl (C=O) groups excluding carboxylic acids is 1. The lowest BCUT2D eigenvalue weighted by atomic mass is 10.2. The van der Waals surface area contributed by atoms with Crippen molar-refractivity contribution in [1.82, 2.24) is 20.1 Å². The molecule has 1 atom stereocenters. The molecule has 1 N–H and O–H groups in total. The fourth-order valence-electron chi connectivity index (χ4n) is 2.40. The van der Waals surface area contributed by atoms with Crippen molar-refractivity contribution in [3.8, 4) is 11.6 Å². The fourth-order valence-corrected chi connectivity index (χ4v) is 3.33. The summed E-state index contributed by atoms with van der Waals surface area (Å²) >= 11 is 1.33. The van der Waals surface area contributed by atoms with Crippen LogP contribution in [0.5, 0.6) is 0 Å². The van der Waals surface area contributed by atoms with Gasteiger partial charge in [-0.3, -0.25) is 9.36 Å². The van der Waals surface area contributed by atoms with Crippen LogP contribution in [0.25, 0.3) is 11.6 Å². The van der Waals surface area contributed by atoms with Crippen LogP contribution in [-0.4, -0.2) is 25.9 Å². The monoisotopic (exact) mass is 374 g/mol. The van der Waals surface area contributed by atoms with E-state index in [2.05, 4.69) is 15.5 Å². The molecule has 2 heterocycles. The highest BCUT2D eigenvalue weighted by Gasteiger charge is 2.21. The molecule has 0 saturated carbocycles. The second-order valence-corrected chi connectivity index (χ2v) is 6.94. The van der Waals surface area contributed by atoms with Gasteiger partial charge in [-0.05, 0) is 43.7 Å². The smallest absolute Gasteiger partial charge is 0.233 e. The highest BCUT2D eigenvalue weighted by atomic mass is 32.2. The average Bonchev–Trinajstić information content (AvgIpc) is 3.30. The van der Waals surface area contributed by atoms with Gasteiger partial charge < -0.3 is 9.73 Å². The summed E-state index contributed by atoms with van der Waals surface area (Å²) in [6.07, 6.45) is 1.59. The number of carbonyl (C=O) groups is 1. The zero-order chi connectivity index (χ0) is 18.5. The number of benzene rings is 1. The average molecular weight is 374 g/mol. The molecule has 0 unspecified atom stereocenters. The Morgan fingerprint density at radius 2 is 2.08 bits per heavy atom. The van der Waals surface area contributed by atoms with Crippen molar-refractivity contribution in [2.75, 3.05) is 0 Å². The Bertz CT molecular complexity index is 862. The first-order valence-corrected chi connectivity index (χ1v) is 9.12. The predicted octanol–water partition coefficient (Wildman–Crippen LogP) is 3.49. The molecule has 0 radical (unpaired) electrons. The molecule has 0 fully saturated rings. The molecule has 8 heteroatoms. The van der Waals surface area contributed by atoms with Gasteiger partial charge in [0.15, 0.2) is 16.7 Å². The van der Waals surface area contributed by atoms with E-state index in [-0.39, 0.29) is 17.0 Å². The van der Waals surface area contributed by atoms with Gasteiger partial charge >= 0.3 is 0 Å². The number of halogens is 1. The molecule has 0 aliphatic carbocycles. The summed E-state index contributed by atoms with van der Waals surface area (Å²) in [5, 5.41) is 11.5. The lowest BCUT2D eigenvalue weighted by Gasteiger charge is -2.12. The Labute approximate surface area is 154 Å². The third-order valence-electron chi connectivity index (χ3n) is 3.81. The summed E-state index contributed by atoms with van der Waals surface area (Å²) in [5.74, 6) is 0.860. The van der Waals surface area contributed by atoms with Crippen molar-refractivity contribution in [3.63, 3.8) is 0 Å². The van der Waals surface area contributed by atoms with Gasteiger partial charge in [0.25, 0.3) is 0 Å². The Balaban J connectivity index is 1.63. The third-order valence-corrected chi connectivity index (χ3v) is 4.89. The first kappa shape index (κ1) is 18.2. The Hall–Kier alpha value is -2.61. The quantitative estimate of drug-likeness (QED) is 0.641. The number of rotatable bonds is 7. The van der Waals surface area contributed by atoms with Crippen molar-refractivity contribution in [2.24, 2.45) is 0 Å².